The van der Waals surface area contributed by atoms with Crippen molar-refractivity contribution in [1.82, 2.24) is 5.32 Å². The van der Waals surface area contributed by atoms with E-state index in [0.717, 1.165) is 0 Å². The predicted octanol–water partition coefficient (Wildman–Crippen LogP) is 1.84. The van der Waals surface area contributed by atoms with Gasteiger partial charge in [-0.15, -0.1) is 12.3 Å². The van der Waals surface area contributed by atoms with Crippen LogP contribution in [0.5, 0.6) is 5.75 Å². The van der Waals surface area contributed by atoms with Crippen LogP contribution in [0, 0.1) is 12.3 Å². The Hall–Kier alpha value is -2.15. The zero-order valence-electron chi connectivity index (χ0n) is 9.12. The van der Waals surface area contributed by atoms with E-state index in [1.54, 1.807) is 31.4 Å². The van der Waals surface area contributed by atoms with Crippen LogP contribution in [0.1, 0.15) is 6.42 Å². The van der Waals surface area contributed by atoms with Crippen LogP contribution < -0.4 is 15.4 Å². The molecule has 2 amide bonds. The van der Waals surface area contributed by atoms with E-state index in [9.17, 15) is 4.79 Å². The van der Waals surface area contributed by atoms with E-state index in [2.05, 4.69) is 16.6 Å². The van der Waals surface area contributed by atoms with Gasteiger partial charge in [-0.2, -0.15) is 0 Å². The van der Waals surface area contributed by atoms with Crippen molar-refractivity contribution in [1.29, 1.82) is 0 Å². The molecule has 4 nitrogen and oxygen atoms in total. The smallest absolute Gasteiger partial charge is 0.319 e. The van der Waals surface area contributed by atoms with Crippen molar-refractivity contribution in [3.8, 4) is 18.1 Å². The van der Waals surface area contributed by atoms with Gasteiger partial charge < -0.3 is 15.4 Å². The molecular formula is C12H14N2O2. The number of urea groups is 1. The summed E-state index contributed by atoms with van der Waals surface area (Å²) in [5.74, 6) is 3.14. The van der Waals surface area contributed by atoms with Gasteiger partial charge in [0.05, 0.1) is 7.11 Å². The highest BCUT2D eigenvalue weighted by molar-refractivity contribution is 5.89. The van der Waals surface area contributed by atoms with Crippen molar-refractivity contribution >= 4 is 11.7 Å². The molecule has 16 heavy (non-hydrogen) atoms. The average Bonchev–Trinajstić information content (AvgIpc) is 2.29. The molecule has 84 valence electrons. The van der Waals surface area contributed by atoms with Gasteiger partial charge in [0.2, 0.25) is 0 Å². The Kier molecular flexibility index (Phi) is 4.74. The lowest BCUT2D eigenvalue weighted by Crippen LogP contribution is -2.29. The lowest BCUT2D eigenvalue weighted by molar-refractivity contribution is 0.252. The fraction of sp³-hybridized carbons (Fsp3) is 0.250. The van der Waals surface area contributed by atoms with Crippen LogP contribution in [0.2, 0.25) is 0 Å². The van der Waals surface area contributed by atoms with Gasteiger partial charge in [-0.3, -0.25) is 0 Å². The summed E-state index contributed by atoms with van der Waals surface area (Å²) in [7, 11) is 1.58. The van der Waals surface area contributed by atoms with Crippen LogP contribution in [0.25, 0.3) is 0 Å². The van der Waals surface area contributed by atoms with E-state index >= 15 is 0 Å². The molecule has 0 aliphatic carbocycles. The maximum Gasteiger partial charge on any atom is 0.319 e. The van der Waals surface area contributed by atoms with Crippen molar-refractivity contribution in [2.24, 2.45) is 0 Å². The Morgan fingerprint density at radius 1 is 1.56 bits per heavy atom. The van der Waals surface area contributed by atoms with Gasteiger partial charge >= 0.3 is 6.03 Å². The molecule has 0 heterocycles. The van der Waals surface area contributed by atoms with Gasteiger partial charge in [0.15, 0.2) is 0 Å². The summed E-state index contributed by atoms with van der Waals surface area (Å²) in [6.45, 7) is 0.465. The lowest BCUT2D eigenvalue weighted by atomic mass is 10.3. The van der Waals surface area contributed by atoms with Crippen LogP contribution in [0.4, 0.5) is 10.5 Å². The standard InChI is InChI=1S/C12H14N2O2/c1-3-4-8-13-12(15)14-10-6-5-7-11(9-10)16-2/h1,5-7,9H,4,8H2,2H3,(H2,13,14,15). The van der Waals surface area contributed by atoms with Gasteiger partial charge in [-0.05, 0) is 12.1 Å². The second kappa shape index (κ2) is 6.36. The summed E-state index contributed by atoms with van der Waals surface area (Å²) in [6.07, 6.45) is 5.59. The zero-order valence-corrected chi connectivity index (χ0v) is 9.12. The minimum Gasteiger partial charge on any atom is -0.497 e. The third-order valence-electron chi connectivity index (χ3n) is 1.88. The van der Waals surface area contributed by atoms with Crippen molar-refractivity contribution in [3.05, 3.63) is 24.3 Å². The topological polar surface area (TPSA) is 50.4 Å². The Balaban J connectivity index is 2.46. The van der Waals surface area contributed by atoms with Gasteiger partial charge in [0, 0.05) is 24.7 Å². The molecule has 2 N–H and O–H groups in total. The third kappa shape index (κ3) is 3.93. The van der Waals surface area contributed by atoms with E-state index in [-0.39, 0.29) is 6.03 Å². The van der Waals surface area contributed by atoms with Crippen LogP contribution in [-0.2, 0) is 0 Å². The molecule has 0 saturated heterocycles. The van der Waals surface area contributed by atoms with Crippen LogP contribution in [-0.4, -0.2) is 19.7 Å². The molecule has 0 fully saturated rings. The van der Waals surface area contributed by atoms with E-state index in [4.69, 9.17) is 11.2 Å². The number of rotatable bonds is 4. The molecule has 0 aromatic heterocycles. The third-order valence-corrected chi connectivity index (χ3v) is 1.88. The molecule has 1 rings (SSSR count). The monoisotopic (exact) mass is 218 g/mol. The van der Waals surface area contributed by atoms with E-state index in [0.29, 0.717) is 24.4 Å². The van der Waals surface area contributed by atoms with Gasteiger partial charge in [-0.25, -0.2) is 4.79 Å². The molecule has 1 aromatic rings. The summed E-state index contributed by atoms with van der Waals surface area (Å²) in [5.41, 5.74) is 0.678. The van der Waals surface area contributed by atoms with Crippen LogP contribution >= 0.6 is 0 Å². The normalized spacial score (nSPS) is 9.00. The first-order valence-corrected chi connectivity index (χ1v) is 4.88. The Bertz CT molecular complexity index is 396. The molecular weight excluding hydrogens is 204 g/mol. The highest BCUT2D eigenvalue weighted by Gasteiger charge is 2.00. The van der Waals surface area contributed by atoms with E-state index in [1.165, 1.54) is 0 Å². The molecule has 0 aliphatic heterocycles. The van der Waals surface area contributed by atoms with Crippen LogP contribution in [0.3, 0.4) is 0 Å². The summed E-state index contributed by atoms with van der Waals surface area (Å²) in [5, 5.41) is 5.31. The molecule has 0 atom stereocenters. The number of nitrogens with one attached hydrogen (secondary N) is 2. The van der Waals surface area contributed by atoms with Crippen molar-refractivity contribution in [2.45, 2.75) is 6.42 Å². The minimum atomic E-state index is -0.275. The number of methoxy groups -OCH3 is 1. The number of hydrogen-bond donors (Lipinski definition) is 2. The Labute approximate surface area is 95.0 Å². The minimum absolute atomic E-state index is 0.275. The maximum absolute atomic E-state index is 11.4. The van der Waals surface area contributed by atoms with Gasteiger partial charge in [0.1, 0.15) is 5.75 Å². The maximum atomic E-state index is 11.4. The van der Waals surface area contributed by atoms with Gasteiger partial charge in [0.25, 0.3) is 0 Å². The average molecular weight is 218 g/mol. The van der Waals surface area contributed by atoms with Crippen molar-refractivity contribution < 1.29 is 9.53 Å². The number of terminal acetylenes is 1. The fourth-order valence-electron chi connectivity index (χ4n) is 1.12. The largest absolute Gasteiger partial charge is 0.497 e. The summed E-state index contributed by atoms with van der Waals surface area (Å²) in [6, 6.07) is 6.85. The van der Waals surface area contributed by atoms with E-state index in [1.807, 2.05) is 0 Å². The van der Waals surface area contributed by atoms with Crippen LogP contribution in [0.15, 0.2) is 24.3 Å². The fourth-order valence-corrected chi connectivity index (χ4v) is 1.12. The second-order valence-electron chi connectivity index (χ2n) is 3.07. The molecule has 4 heteroatoms. The van der Waals surface area contributed by atoms with Crippen molar-refractivity contribution in [3.63, 3.8) is 0 Å². The highest BCUT2D eigenvalue weighted by Crippen LogP contribution is 2.16. The summed E-state index contributed by atoms with van der Waals surface area (Å²) < 4.78 is 5.04. The number of ether oxygens (including phenoxy) is 1. The van der Waals surface area contributed by atoms with Gasteiger partial charge in [-0.1, -0.05) is 6.07 Å². The summed E-state index contributed by atoms with van der Waals surface area (Å²) >= 11 is 0. The molecule has 0 radical (unpaired) electrons. The quantitative estimate of drug-likeness (QED) is 0.598. The summed E-state index contributed by atoms with van der Waals surface area (Å²) in [4.78, 5) is 11.4. The highest BCUT2D eigenvalue weighted by atomic mass is 16.5. The molecule has 0 spiro atoms. The van der Waals surface area contributed by atoms with E-state index < -0.39 is 0 Å². The molecule has 0 saturated carbocycles. The zero-order chi connectivity index (χ0) is 11.8. The lowest BCUT2D eigenvalue weighted by Gasteiger charge is -2.07. The molecule has 1 aromatic carbocycles. The number of carbonyl (C=O) groups excluding carboxylic acids is 1. The molecule has 0 bridgehead atoms. The Morgan fingerprint density at radius 3 is 3.06 bits per heavy atom. The first-order chi connectivity index (χ1) is 7.76. The first kappa shape index (κ1) is 11.9. The number of benzene rings is 1. The molecule has 0 unspecified atom stereocenters. The van der Waals surface area contributed by atoms with Crippen molar-refractivity contribution in [2.75, 3.05) is 19.0 Å². The number of amides is 2. The molecule has 0 aliphatic rings. The number of hydrogen-bond acceptors (Lipinski definition) is 2. The predicted molar refractivity (Wildman–Crippen MR) is 63.5 cm³/mol. The number of carbonyl (C=O) groups is 1. The first-order valence-electron chi connectivity index (χ1n) is 4.88. The number of anilines is 1. The SMILES string of the molecule is C#CCCNC(=O)Nc1cccc(OC)c1. The second-order valence-corrected chi connectivity index (χ2v) is 3.07. The Morgan fingerprint density at radius 2 is 2.38 bits per heavy atom.